The number of rotatable bonds is 2. The molecule has 86 valence electrons. The number of hydrogen-bond donors (Lipinski definition) is 1. The fraction of sp³-hybridized carbons (Fsp3) is 0.364. The molecule has 1 saturated heterocycles. The van der Waals surface area contributed by atoms with E-state index in [2.05, 4.69) is 0 Å². The molecule has 1 aliphatic heterocycles. The Hall–Kier alpha value is -1.42. The van der Waals surface area contributed by atoms with Gasteiger partial charge in [0.1, 0.15) is 0 Å². The zero-order chi connectivity index (χ0) is 11.7. The van der Waals surface area contributed by atoms with Crippen LogP contribution in [-0.2, 0) is 4.79 Å². The Morgan fingerprint density at radius 1 is 1.56 bits per heavy atom. The van der Waals surface area contributed by atoms with E-state index in [1.165, 1.54) is 0 Å². The number of likely N-dealkylation sites (tertiary alicyclic amines) is 1. The highest BCUT2D eigenvalue weighted by Crippen LogP contribution is 2.32. The number of anilines is 1. The second-order valence-corrected chi connectivity index (χ2v) is 4.22. The van der Waals surface area contributed by atoms with Crippen LogP contribution in [0.1, 0.15) is 6.42 Å². The van der Waals surface area contributed by atoms with Crippen molar-refractivity contribution in [3.63, 3.8) is 0 Å². The molecule has 2 N–H and O–H groups in total. The lowest BCUT2D eigenvalue weighted by atomic mass is 10.2. The molecule has 0 spiro atoms. The number of likely N-dealkylation sites (N-methyl/N-ethyl adjacent to an activating group) is 1. The summed E-state index contributed by atoms with van der Waals surface area (Å²) < 4.78 is 5.57. The molecule has 5 heteroatoms. The van der Waals surface area contributed by atoms with E-state index < -0.39 is 6.10 Å². The second kappa shape index (κ2) is 4.22. The number of carbonyl (C=O) groups excluding carboxylic acids is 1. The fourth-order valence-corrected chi connectivity index (χ4v) is 1.92. The first-order chi connectivity index (χ1) is 7.59. The molecule has 1 aromatic carbocycles. The largest absolute Gasteiger partial charge is 0.477 e. The van der Waals surface area contributed by atoms with Crippen molar-refractivity contribution in [1.82, 2.24) is 4.90 Å². The third-order valence-electron chi connectivity index (χ3n) is 2.64. The lowest BCUT2D eigenvalue weighted by Gasteiger charge is -2.15. The molecule has 0 bridgehead atoms. The Labute approximate surface area is 98.9 Å². The van der Waals surface area contributed by atoms with Gasteiger partial charge in [0.2, 0.25) is 0 Å². The van der Waals surface area contributed by atoms with Gasteiger partial charge >= 0.3 is 0 Å². The van der Waals surface area contributed by atoms with E-state index in [-0.39, 0.29) is 5.91 Å². The third-order valence-corrected chi connectivity index (χ3v) is 2.93. The molecule has 4 nitrogen and oxygen atoms in total. The molecule has 0 aromatic heterocycles. The van der Waals surface area contributed by atoms with Crippen LogP contribution < -0.4 is 10.5 Å². The number of hydrogen-bond acceptors (Lipinski definition) is 3. The number of ether oxygens (including phenoxy) is 1. The number of nitrogens with two attached hydrogens (primary N) is 1. The van der Waals surface area contributed by atoms with Gasteiger partial charge in [-0.05, 0) is 12.1 Å². The van der Waals surface area contributed by atoms with Crippen molar-refractivity contribution >= 4 is 23.2 Å². The van der Waals surface area contributed by atoms with Crippen LogP contribution in [0, 0.1) is 0 Å². The summed E-state index contributed by atoms with van der Waals surface area (Å²) in [5.41, 5.74) is 6.20. The molecule has 16 heavy (non-hydrogen) atoms. The number of para-hydroxylation sites is 1. The van der Waals surface area contributed by atoms with E-state index in [0.29, 0.717) is 29.4 Å². The molecule has 0 radical (unpaired) electrons. The van der Waals surface area contributed by atoms with Gasteiger partial charge in [-0.3, -0.25) is 4.79 Å². The first-order valence-electron chi connectivity index (χ1n) is 5.05. The topological polar surface area (TPSA) is 55.6 Å². The number of nitrogens with zero attached hydrogens (tertiary/aromatic N) is 1. The second-order valence-electron chi connectivity index (χ2n) is 3.81. The number of carbonyl (C=O) groups is 1. The van der Waals surface area contributed by atoms with E-state index in [9.17, 15) is 4.79 Å². The standard InChI is InChI=1S/C11H13ClN2O2/c1-14-6-5-9(11(14)15)16-10-7(12)3-2-4-8(10)13/h2-4,9H,5-6,13H2,1H3. The Kier molecular flexibility index (Phi) is 2.92. The molecule has 1 aromatic rings. The lowest BCUT2D eigenvalue weighted by molar-refractivity contribution is -0.132. The van der Waals surface area contributed by atoms with Crippen LogP contribution >= 0.6 is 11.6 Å². The maximum Gasteiger partial charge on any atom is 0.263 e. The van der Waals surface area contributed by atoms with E-state index in [0.717, 1.165) is 0 Å². The van der Waals surface area contributed by atoms with Crippen LogP contribution in [0.5, 0.6) is 5.75 Å². The third kappa shape index (κ3) is 1.93. The molecular formula is C11H13ClN2O2. The number of benzene rings is 1. The van der Waals surface area contributed by atoms with E-state index >= 15 is 0 Å². The zero-order valence-corrected chi connectivity index (χ0v) is 9.70. The maximum atomic E-state index is 11.6. The minimum atomic E-state index is -0.466. The van der Waals surface area contributed by atoms with Gasteiger partial charge in [-0.25, -0.2) is 0 Å². The first kappa shape index (κ1) is 11.1. The molecule has 1 atom stereocenters. The van der Waals surface area contributed by atoms with Crippen LogP contribution in [0.4, 0.5) is 5.69 Å². The van der Waals surface area contributed by atoms with Crippen molar-refractivity contribution in [2.24, 2.45) is 0 Å². The van der Waals surface area contributed by atoms with Crippen molar-refractivity contribution in [2.45, 2.75) is 12.5 Å². The molecule has 2 rings (SSSR count). The molecule has 1 unspecified atom stereocenters. The maximum absolute atomic E-state index is 11.6. The summed E-state index contributed by atoms with van der Waals surface area (Å²) in [5.74, 6) is 0.372. The Bertz CT molecular complexity index is 402. The fourth-order valence-electron chi connectivity index (χ4n) is 1.69. The van der Waals surface area contributed by atoms with Gasteiger partial charge in [0.05, 0.1) is 10.7 Å². The minimum absolute atomic E-state index is 0.0284. The summed E-state index contributed by atoms with van der Waals surface area (Å²) in [6.07, 6.45) is 0.201. The summed E-state index contributed by atoms with van der Waals surface area (Å²) in [4.78, 5) is 13.3. The summed E-state index contributed by atoms with van der Waals surface area (Å²) >= 11 is 5.96. The predicted molar refractivity (Wildman–Crippen MR) is 62.5 cm³/mol. The smallest absolute Gasteiger partial charge is 0.263 e. The zero-order valence-electron chi connectivity index (χ0n) is 8.94. The van der Waals surface area contributed by atoms with Crippen molar-refractivity contribution in [3.8, 4) is 5.75 Å². The lowest BCUT2D eigenvalue weighted by Crippen LogP contribution is -2.29. The van der Waals surface area contributed by atoms with Gasteiger partial charge < -0.3 is 15.4 Å². The normalized spacial score (nSPS) is 20.2. The summed E-state index contributed by atoms with van der Waals surface area (Å²) in [7, 11) is 1.75. The number of halogens is 1. The quantitative estimate of drug-likeness (QED) is 0.798. The van der Waals surface area contributed by atoms with Crippen LogP contribution in [0.15, 0.2) is 18.2 Å². The van der Waals surface area contributed by atoms with Crippen molar-refractivity contribution in [1.29, 1.82) is 0 Å². The Morgan fingerprint density at radius 2 is 2.31 bits per heavy atom. The van der Waals surface area contributed by atoms with Crippen molar-refractivity contribution in [3.05, 3.63) is 23.2 Å². The predicted octanol–water partition coefficient (Wildman–Crippen LogP) is 1.53. The molecule has 1 fully saturated rings. The monoisotopic (exact) mass is 240 g/mol. The minimum Gasteiger partial charge on any atom is -0.477 e. The summed E-state index contributed by atoms with van der Waals surface area (Å²) in [6, 6.07) is 5.13. The molecule has 1 heterocycles. The van der Waals surface area contributed by atoms with Gasteiger partial charge in [-0.1, -0.05) is 17.7 Å². The van der Waals surface area contributed by atoms with Gasteiger partial charge in [-0.15, -0.1) is 0 Å². The molecule has 0 saturated carbocycles. The van der Waals surface area contributed by atoms with Crippen LogP contribution in [0.2, 0.25) is 5.02 Å². The average Bonchev–Trinajstić information content (AvgIpc) is 2.55. The van der Waals surface area contributed by atoms with Crippen molar-refractivity contribution in [2.75, 3.05) is 19.3 Å². The molecule has 0 aliphatic carbocycles. The number of amides is 1. The van der Waals surface area contributed by atoms with Gasteiger partial charge in [-0.2, -0.15) is 0 Å². The highest BCUT2D eigenvalue weighted by atomic mass is 35.5. The highest BCUT2D eigenvalue weighted by Gasteiger charge is 2.31. The van der Waals surface area contributed by atoms with Gasteiger partial charge in [0, 0.05) is 20.0 Å². The van der Waals surface area contributed by atoms with Crippen LogP contribution in [-0.4, -0.2) is 30.5 Å². The van der Waals surface area contributed by atoms with E-state index in [4.69, 9.17) is 22.1 Å². The van der Waals surface area contributed by atoms with E-state index in [1.807, 2.05) is 0 Å². The summed E-state index contributed by atoms with van der Waals surface area (Å²) in [5, 5.41) is 0.433. The Morgan fingerprint density at radius 3 is 2.88 bits per heavy atom. The molecule has 1 amide bonds. The highest BCUT2D eigenvalue weighted by molar-refractivity contribution is 6.32. The molecular weight excluding hydrogens is 228 g/mol. The van der Waals surface area contributed by atoms with Gasteiger partial charge in [0.25, 0.3) is 5.91 Å². The van der Waals surface area contributed by atoms with Crippen LogP contribution in [0.25, 0.3) is 0 Å². The van der Waals surface area contributed by atoms with Crippen molar-refractivity contribution < 1.29 is 9.53 Å². The number of nitrogen functional groups attached to an aromatic ring is 1. The summed E-state index contributed by atoms with van der Waals surface area (Å²) in [6.45, 7) is 0.702. The van der Waals surface area contributed by atoms with Gasteiger partial charge in [0.15, 0.2) is 11.9 Å². The first-order valence-corrected chi connectivity index (χ1v) is 5.43. The molecule has 1 aliphatic rings. The van der Waals surface area contributed by atoms with Crippen LogP contribution in [0.3, 0.4) is 0 Å². The average molecular weight is 241 g/mol. The van der Waals surface area contributed by atoms with E-state index in [1.54, 1.807) is 30.1 Å². The Balaban J connectivity index is 2.19. The SMILES string of the molecule is CN1CCC(Oc2c(N)cccc2Cl)C1=O.